The Balaban J connectivity index is 1.51. The second-order valence-corrected chi connectivity index (χ2v) is 7.39. The van der Waals surface area contributed by atoms with Gasteiger partial charge in [-0.15, -0.1) is 0 Å². The summed E-state index contributed by atoms with van der Waals surface area (Å²) in [6, 6.07) is 0. The van der Waals surface area contributed by atoms with Crippen LogP contribution in [0.25, 0.3) is 0 Å². The fourth-order valence-corrected chi connectivity index (χ4v) is 3.72. The molecular weight excluding hydrogens is 364 g/mol. The summed E-state index contributed by atoms with van der Waals surface area (Å²) >= 11 is 0. The lowest BCUT2D eigenvalue weighted by molar-refractivity contribution is -0.147. The molecule has 0 saturated carbocycles. The Morgan fingerprint density at radius 2 is 1.00 bits per heavy atom. The molecule has 0 unspecified atom stereocenters. The van der Waals surface area contributed by atoms with Gasteiger partial charge in [0.1, 0.15) is 0 Å². The van der Waals surface area contributed by atoms with Gasteiger partial charge in [-0.05, 0) is 0 Å². The maximum absolute atomic E-state index is 12.5. The zero-order valence-electron chi connectivity index (χ0n) is 16.3. The second-order valence-electron chi connectivity index (χ2n) is 7.39. The number of nitrogens with one attached hydrogen (secondary N) is 2. The predicted octanol–water partition coefficient (Wildman–Crippen LogP) is -2.70. The summed E-state index contributed by atoms with van der Waals surface area (Å²) in [5.41, 5.74) is 0. The van der Waals surface area contributed by atoms with E-state index in [2.05, 4.69) is 10.6 Å². The molecule has 3 rings (SSSR count). The monoisotopic (exact) mass is 394 g/mol. The molecule has 0 aliphatic carbocycles. The number of amides is 4. The first kappa shape index (κ1) is 20.5. The van der Waals surface area contributed by atoms with Gasteiger partial charge < -0.3 is 30.2 Å². The molecule has 3 aliphatic heterocycles. The minimum Gasteiger partial charge on any atom is -0.339 e. The molecule has 3 saturated heterocycles. The van der Waals surface area contributed by atoms with Crippen LogP contribution in [0.1, 0.15) is 12.8 Å². The van der Waals surface area contributed by atoms with E-state index in [0.717, 1.165) is 26.2 Å². The van der Waals surface area contributed by atoms with E-state index in [0.29, 0.717) is 26.2 Å². The average Bonchev–Trinajstić information content (AvgIpc) is 2.73. The van der Waals surface area contributed by atoms with E-state index >= 15 is 0 Å². The zero-order chi connectivity index (χ0) is 19.9. The van der Waals surface area contributed by atoms with Gasteiger partial charge in [-0.3, -0.25) is 19.2 Å². The van der Waals surface area contributed by atoms with E-state index < -0.39 is 0 Å². The molecule has 3 aliphatic rings. The third kappa shape index (κ3) is 5.41. The van der Waals surface area contributed by atoms with E-state index in [1.165, 1.54) is 9.80 Å². The summed E-state index contributed by atoms with van der Waals surface area (Å²) in [5.74, 6) is -0.437. The first-order valence-corrected chi connectivity index (χ1v) is 10.1. The third-order valence-corrected chi connectivity index (χ3v) is 5.49. The smallest absolute Gasteiger partial charge is 0.242 e. The molecule has 3 fully saturated rings. The molecule has 10 nitrogen and oxygen atoms in total. The molecule has 3 heterocycles. The number of piperazine rings is 2. The molecule has 4 amide bonds. The van der Waals surface area contributed by atoms with Gasteiger partial charge >= 0.3 is 0 Å². The molecule has 0 aromatic rings. The Morgan fingerprint density at radius 1 is 0.643 bits per heavy atom. The zero-order valence-corrected chi connectivity index (χ0v) is 16.3. The lowest BCUT2D eigenvalue weighted by Crippen LogP contribution is -2.53. The highest BCUT2D eigenvalue weighted by molar-refractivity contribution is 5.88. The van der Waals surface area contributed by atoms with Crippen LogP contribution >= 0.6 is 0 Å². The van der Waals surface area contributed by atoms with Crippen molar-refractivity contribution < 1.29 is 19.2 Å². The second kappa shape index (κ2) is 9.83. The number of carbonyl (C=O) groups is 4. The first-order chi connectivity index (χ1) is 13.5. The topological polar surface area (TPSA) is 105 Å². The van der Waals surface area contributed by atoms with E-state index in [9.17, 15) is 19.2 Å². The number of hydrogen-bond donors (Lipinski definition) is 2. The molecule has 28 heavy (non-hydrogen) atoms. The lowest BCUT2D eigenvalue weighted by atomic mass is 10.2. The lowest BCUT2D eigenvalue weighted by Gasteiger charge is -2.34. The Hall–Kier alpha value is -2.20. The number of hydrogen-bond acceptors (Lipinski definition) is 6. The summed E-state index contributed by atoms with van der Waals surface area (Å²) < 4.78 is 0. The standard InChI is InChI=1S/C18H30N6O4/c25-15-1-7-23(13-17(27)21-9-3-19-4-10-21)16(26)2-8-24(15)14-18(28)22-11-5-20-6-12-22/h19-20H,1-14H2. The van der Waals surface area contributed by atoms with Gasteiger partial charge in [-0.1, -0.05) is 0 Å². The summed E-state index contributed by atoms with van der Waals surface area (Å²) in [4.78, 5) is 56.4. The van der Waals surface area contributed by atoms with Crippen molar-refractivity contribution in [2.75, 3.05) is 78.5 Å². The van der Waals surface area contributed by atoms with Crippen molar-refractivity contribution in [3.63, 3.8) is 0 Å². The van der Waals surface area contributed by atoms with E-state index in [1.807, 2.05) is 0 Å². The Kier molecular flexibility index (Phi) is 7.21. The van der Waals surface area contributed by atoms with E-state index in [-0.39, 0.29) is 62.6 Å². The van der Waals surface area contributed by atoms with Gasteiger partial charge in [0.15, 0.2) is 0 Å². The quantitative estimate of drug-likeness (QED) is 0.538. The first-order valence-electron chi connectivity index (χ1n) is 10.1. The van der Waals surface area contributed by atoms with Gasteiger partial charge in [-0.2, -0.15) is 0 Å². The van der Waals surface area contributed by atoms with Crippen molar-refractivity contribution in [3.8, 4) is 0 Å². The molecule has 0 bridgehead atoms. The normalized spacial score (nSPS) is 22.1. The molecule has 2 N–H and O–H groups in total. The molecule has 0 spiro atoms. The van der Waals surface area contributed by atoms with Crippen LogP contribution in [-0.2, 0) is 19.2 Å². The largest absolute Gasteiger partial charge is 0.339 e. The third-order valence-electron chi connectivity index (χ3n) is 5.49. The van der Waals surface area contributed by atoms with Gasteiger partial charge in [0.05, 0.1) is 13.1 Å². The molecular formula is C18H30N6O4. The van der Waals surface area contributed by atoms with Crippen molar-refractivity contribution in [3.05, 3.63) is 0 Å². The van der Waals surface area contributed by atoms with Crippen LogP contribution in [0, 0.1) is 0 Å². The Labute approximate surface area is 165 Å². The van der Waals surface area contributed by atoms with Crippen LogP contribution in [0.15, 0.2) is 0 Å². The fourth-order valence-electron chi connectivity index (χ4n) is 3.72. The summed E-state index contributed by atoms with van der Waals surface area (Å²) in [6.07, 6.45) is 0.269. The highest BCUT2D eigenvalue weighted by Crippen LogP contribution is 2.09. The molecule has 0 aromatic carbocycles. The average molecular weight is 394 g/mol. The van der Waals surface area contributed by atoms with Gasteiger partial charge in [0.2, 0.25) is 23.6 Å². The van der Waals surface area contributed by atoms with Crippen molar-refractivity contribution >= 4 is 23.6 Å². The van der Waals surface area contributed by atoms with Crippen LogP contribution in [-0.4, -0.2) is 122 Å². The number of carbonyl (C=O) groups excluding carboxylic acids is 4. The van der Waals surface area contributed by atoms with Crippen molar-refractivity contribution in [2.45, 2.75) is 12.8 Å². The maximum atomic E-state index is 12.5. The fraction of sp³-hybridized carbons (Fsp3) is 0.778. The summed E-state index contributed by atoms with van der Waals surface area (Å²) in [6.45, 7) is 6.07. The summed E-state index contributed by atoms with van der Waals surface area (Å²) in [5, 5.41) is 6.38. The van der Waals surface area contributed by atoms with E-state index in [4.69, 9.17) is 0 Å². The molecule has 156 valence electrons. The predicted molar refractivity (Wildman–Crippen MR) is 101 cm³/mol. The highest BCUT2D eigenvalue weighted by Gasteiger charge is 2.28. The van der Waals surface area contributed by atoms with E-state index in [1.54, 1.807) is 9.80 Å². The minimum atomic E-state index is -0.143. The van der Waals surface area contributed by atoms with Crippen molar-refractivity contribution in [1.29, 1.82) is 0 Å². The van der Waals surface area contributed by atoms with Crippen LogP contribution in [0.5, 0.6) is 0 Å². The van der Waals surface area contributed by atoms with Gasteiger partial charge in [0.25, 0.3) is 0 Å². The molecule has 0 radical (unpaired) electrons. The Bertz CT molecular complexity index is 549. The van der Waals surface area contributed by atoms with Crippen molar-refractivity contribution in [2.24, 2.45) is 0 Å². The van der Waals surface area contributed by atoms with Crippen LogP contribution in [0.3, 0.4) is 0 Å². The highest BCUT2D eigenvalue weighted by atomic mass is 16.2. The SMILES string of the molecule is O=C(CN1CCC(=O)N(CC(=O)N2CCNCC2)CCC1=O)N1CCNCC1. The van der Waals surface area contributed by atoms with Crippen LogP contribution < -0.4 is 10.6 Å². The summed E-state index contributed by atoms with van der Waals surface area (Å²) in [7, 11) is 0. The van der Waals surface area contributed by atoms with Gasteiger partial charge in [0, 0.05) is 78.3 Å². The number of nitrogens with zero attached hydrogens (tertiary/aromatic N) is 4. The van der Waals surface area contributed by atoms with Crippen molar-refractivity contribution in [1.82, 2.24) is 30.2 Å². The van der Waals surface area contributed by atoms with Crippen LogP contribution in [0.4, 0.5) is 0 Å². The van der Waals surface area contributed by atoms with Crippen LogP contribution in [0.2, 0.25) is 0 Å². The molecule has 10 heteroatoms. The Morgan fingerprint density at radius 3 is 1.36 bits per heavy atom. The van der Waals surface area contributed by atoms with Gasteiger partial charge in [-0.25, -0.2) is 0 Å². The minimum absolute atomic E-state index is 0.0197. The molecule has 0 aromatic heterocycles. The molecule has 0 atom stereocenters. The number of rotatable bonds is 4. The maximum Gasteiger partial charge on any atom is 0.242 e.